The largest absolute Gasteiger partial charge is 0.493 e. The van der Waals surface area contributed by atoms with Gasteiger partial charge in [-0.2, -0.15) is 0 Å². The first-order valence-electron chi connectivity index (χ1n) is 8.04. The predicted octanol–water partition coefficient (Wildman–Crippen LogP) is 3.69. The fourth-order valence-electron chi connectivity index (χ4n) is 2.37. The van der Waals surface area contributed by atoms with Crippen LogP contribution >= 0.6 is 11.6 Å². The van der Waals surface area contributed by atoms with Gasteiger partial charge in [0, 0.05) is 10.6 Å². The molecule has 0 bridgehead atoms. The van der Waals surface area contributed by atoms with Gasteiger partial charge in [0.05, 0.1) is 20.6 Å². The minimum absolute atomic E-state index is 0.0819. The highest BCUT2D eigenvalue weighted by atomic mass is 35.5. The van der Waals surface area contributed by atoms with Crippen LogP contribution in [-0.4, -0.2) is 30.4 Å². The fraction of sp³-hybridized carbons (Fsp3) is 0.211. The zero-order valence-electron chi connectivity index (χ0n) is 14.8. The van der Waals surface area contributed by atoms with Gasteiger partial charge in [0.1, 0.15) is 0 Å². The standard InChI is InChI=1S/C19H17ClN2O5/c1-24-15-8-3-12(9-16(15)25-2)10-18(23)26-11-17-21-22-19(27-17)13-4-6-14(20)7-5-13/h3-9H,10-11H2,1-2H3. The van der Waals surface area contributed by atoms with Gasteiger partial charge in [-0.25, -0.2) is 0 Å². The number of esters is 1. The van der Waals surface area contributed by atoms with Crippen molar-refractivity contribution in [2.45, 2.75) is 13.0 Å². The number of halogens is 1. The summed E-state index contributed by atoms with van der Waals surface area (Å²) in [7, 11) is 3.09. The molecule has 3 rings (SSSR count). The second-order valence-electron chi connectivity index (χ2n) is 5.53. The molecular formula is C19H17ClN2O5. The van der Waals surface area contributed by atoms with Crippen LogP contribution < -0.4 is 9.47 Å². The van der Waals surface area contributed by atoms with Crippen molar-refractivity contribution < 1.29 is 23.4 Å². The summed E-state index contributed by atoms with van der Waals surface area (Å²) < 4.78 is 21.1. The van der Waals surface area contributed by atoms with Crippen LogP contribution in [0.1, 0.15) is 11.5 Å². The minimum Gasteiger partial charge on any atom is -0.493 e. The van der Waals surface area contributed by atoms with E-state index < -0.39 is 5.97 Å². The number of rotatable bonds is 7. The van der Waals surface area contributed by atoms with Crippen molar-refractivity contribution in [2.24, 2.45) is 0 Å². The molecule has 0 radical (unpaired) electrons. The van der Waals surface area contributed by atoms with Gasteiger partial charge in [-0.3, -0.25) is 4.79 Å². The molecule has 140 valence electrons. The summed E-state index contributed by atoms with van der Waals surface area (Å²) in [5, 5.41) is 8.43. The topological polar surface area (TPSA) is 83.7 Å². The number of ether oxygens (including phenoxy) is 3. The van der Waals surface area contributed by atoms with E-state index >= 15 is 0 Å². The van der Waals surface area contributed by atoms with Gasteiger partial charge in [0.25, 0.3) is 5.89 Å². The Labute approximate surface area is 160 Å². The molecule has 1 aromatic heterocycles. The zero-order chi connectivity index (χ0) is 19.2. The maximum absolute atomic E-state index is 12.1. The number of hydrogen-bond acceptors (Lipinski definition) is 7. The summed E-state index contributed by atoms with van der Waals surface area (Å²) in [4.78, 5) is 12.1. The molecule has 0 aliphatic carbocycles. The first-order chi connectivity index (χ1) is 13.1. The lowest BCUT2D eigenvalue weighted by Crippen LogP contribution is -2.08. The summed E-state index contributed by atoms with van der Waals surface area (Å²) in [5.41, 5.74) is 1.47. The van der Waals surface area contributed by atoms with Crippen molar-refractivity contribution >= 4 is 17.6 Å². The molecule has 0 atom stereocenters. The lowest BCUT2D eigenvalue weighted by Gasteiger charge is -2.09. The van der Waals surface area contributed by atoms with E-state index in [1.54, 1.807) is 49.6 Å². The Morgan fingerprint density at radius 1 is 1.04 bits per heavy atom. The van der Waals surface area contributed by atoms with Crippen LogP contribution in [0, 0.1) is 0 Å². The lowest BCUT2D eigenvalue weighted by atomic mass is 10.1. The van der Waals surface area contributed by atoms with Crippen LogP contribution in [0.3, 0.4) is 0 Å². The summed E-state index contributed by atoms with van der Waals surface area (Å²) in [6.45, 7) is -0.104. The molecule has 0 fully saturated rings. The van der Waals surface area contributed by atoms with Gasteiger partial charge in [-0.15, -0.1) is 10.2 Å². The molecule has 8 heteroatoms. The molecule has 0 saturated carbocycles. The molecule has 0 aliphatic heterocycles. The van der Waals surface area contributed by atoms with Crippen LogP contribution in [0.25, 0.3) is 11.5 Å². The van der Waals surface area contributed by atoms with E-state index in [4.69, 9.17) is 30.2 Å². The molecule has 1 heterocycles. The number of carbonyl (C=O) groups excluding carboxylic acids is 1. The SMILES string of the molecule is COc1ccc(CC(=O)OCc2nnc(-c3ccc(Cl)cc3)o2)cc1OC. The van der Waals surface area contributed by atoms with Gasteiger partial charge in [0.2, 0.25) is 5.89 Å². The third-order valence-electron chi connectivity index (χ3n) is 3.71. The third kappa shape index (κ3) is 4.77. The second kappa shape index (κ2) is 8.55. The molecule has 3 aromatic rings. The van der Waals surface area contributed by atoms with E-state index in [0.717, 1.165) is 11.1 Å². The molecule has 0 N–H and O–H groups in total. The average Bonchev–Trinajstić information content (AvgIpc) is 3.16. The summed E-state index contributed by atoms with van der Waals surface area (Å²) in [6, 6.07) is 12.2. The van der Waals surface area contributed by atoms with Crippen LogP contribution in [-0.2, 0) is 22.6 Å². The van der Waals surface area contributed by atoms with Crippen molar-refractivity contribution in [3.63, 3.8) is 0 Å². The normalized spacial score (nSPS) is 10.5. The quantitative estimate of drug-likeness (QED) is 0.570. The Morgan fingerprint density at radius 3 is 2.48 bits per heavy atom. The number of benzene rings is 2. The number of carbonyl (C=O) groups is 1. The molecule has 0 amide bonds. The molecular weight excluding hydrogens is 372 g/mol. The average molecular weight is 389 g/mol. The Bertz CT molecular complexity index is 924. The molecule has 7 nitrogen and oxygen atoms in total. The summed E-state index contributed by atoms with van der Waals surface area (Å²) in [6.07, 6.45) is 0.0819. The zero-order valence-corrected chi connectivity index (χ0v) is 15.5. The van der Waals surface area contributed by atoms with Crippen molar-refractivity contribution in [3.8, 4) is 23.0 Å². The van der Waals surface area contributed by atoms with Crippen LogP contribution in [0.15, 0.2) is 46.9 Å². The maximum Gasteiger partial charge on any atom is 0.310 e. The number of nitrogens with zero attached hydrogens (tertiary/aromatic N) is 2. The number of methoxy groups -OCH3 is 2. The Balaban J connectivity index is 1.57. The highest BCUT2D eigenvalue weighted by Gasteiger charge is 2.13. The van der Waals surface area contributed by atoms with E-state index in [0.29, 0.717) is 22.4 Å². The highest BCUT2D eigenvalue weighted by molar-refractivity contribution is 6.30. The first kappa shape index (κ1) is 18.7. The number of aromatic nitrogens is 2. The monoisotopic (exact) mass is 388 g/mol. The summed E-state index contributed by atoms with van der Waals surface area (Å²) >= 11 is 5.85. The molecule has 2 aromatic carbocycles. The summed E-state index contributed by atoms with van der Waals surface area (Å²) in [5.74, 6) is 1.26. The molecule has 27 heavy (non-hydrogen) atoms. The van der Waals surface area contributed by atoms with Gasteiger partial charge in [-0.1, -0.05) is 17.7 Å². The third-order valence-corrected chi connectivity index (χ3v) is 3.96. The maximum atomic E-state index is 12.1. The van der Waals surface area contributed by atoms with Gasteiger partial charge >= 0.3 is 5.97 Å². The van der Waals surface area contributed by atoms with E-state index in [1.165, 1.54) is 7.11 Å². The van der Waals surface area contributed by atoms with E-state index in [9.17, 15) is 4.79 Å². The minimum atomic E-state index is -0.423. The van der Waals surface area contributed by atoms with Gasteiger partial charge < -0.3 is 18.6 Å². The van der Waals surface area contributed by atoms with Crippen molar-refractivity contribution in [1.82, 2.24) is 10.2 Å². The van der Waals surface area contributed by atoms with Crippen LogP contribution in [0.2, 0.25) is 5.02 Å². The van der Waals surface area contributed by atoms with Crippen LogP contribution in [0.5, 0.6) is 11.5 Å². The molecule has 0 unspecified atom stereocenters. The molecule has 0 saturated heterocycles. The first-order valence-corrected chi connectivity index (χ1v) is 8.41. The Kier molecular flexibility index (Phi) is 5.93. The fourth-order valence-corrected chi connectivity index (χ4v) is 2.50. The van der Waals surface area contributed by atoms with Gasteiger partial charge in [0.15, 0.2) is 18.1 Å². The lowest BCUT2D eigenvalue weighted by molar-refractivity contribution is -0.144. The van der Waals surface area contributed by atoms with Crippen molar-refractivity contribution in [3.05, 3.63) is 58.9 Å². The van der Waals surface area contributed by atoms with E-state index in [1.807, 2.05) is 0 Å². The Hall–Kier alpha value is -3.06. The Morgan fingerprint density at radius 2 is 1.78 bits per heavy atom. The van der Waals surface area contributed by atoms with Crippen LogP contribution in [0.4, 0.5) is 0 Å². The smallest absolute Gasteiger partial charge is 0.310 e. The number of hydrogen-bond donors (Lipinski definition) is 0. The van der Waals surface area contributed by atoms with Crippen molar-refractivity contribution in [2.75, 3.05) is 14.2 Å². The van der Waals surface area contributed by atoms with Crippen molar-refractivity contribution in [1.29, 1.82) is 0 Å². The van der Waals surface area contributed by atoms with E-state index in [-0.39, 0.29) is 18.9 Å². The highest BCUT2D eigenvalue weighted by Crippen LogP contribution is 2.27. The van der Waals surface area contributed by atoms with Gasteiger partial charge in [-0.05, 0) is 42.0 Å². The van der Waals surface area contributed by atoms with E-state index in [2.05, 4.69) is 10.2 Å². The predicted molar refractivity (Wildman–Crippen MR) is 97.8 cm³/mol. The molecule has 0 aliphatic rings. The second-order valence-corrected chi connectivity index (χ2v) is 5.97. The molecule has 0 spiro atoms.